The molecule has 9 heteroatoms. The Kier molecular flexibility index (Phi) is 6.74. The fourth-order valence-corrected chi connectivity index (χ4v) is 3.88. The predicted octanol–water partition coefficient (Wildman–Crippen LogP) is 4.18. The van der Waals surface area contributed by atoms with E-state index in [1.54, 1.807) is 53.4 Å². The minimum Gasteiger partial charge on any atom is -0.366 e. The highest BCUT2D eigenvalue weighted by atomic mass is 79.9. The molecule has 34 heavy (non-hydrogen) atoms. The maximum absolute atomic E-state index is 12.9. The minimum absolute atomic E-state index is 0.0675. The predicted molar refractivity (Wildman–Crippen MR) is 133 cm³/mol. The molecule has 1 fully saturated rings. The SMILES string of the molecule is NC(=O)c1ccc(NC(=O)c2ccc(N3CCCC3=O)cc2)c(NC(=O)c2ccc(Br)cc2)c1. The van der Waals surface area contributed by atoms with E-state index in [1.807, 2.05) is 0 Å². The maximum Gasteiger partial charge on any atom is 0.255 e. The molecule has 0 aromatic heterocycles. The van der Waals surface area contributed by atoms with Crippen LogP contribution in [0.5, 0.6) is 0 Å². The molecule has 3 aromatic rings. The molecule has 0 atom stereocenters. The third kappa shape index (κ3) is 5.15. The van der Waals surface area contributed by atoms with Crippen molar-refractivity contribution in [3.63, 3.8) is 0 Å². The lowest BCUT2D eigenvalue weighted by molar-refractivity contribution is -0.117. The highest BCUT2D eigenvalue weighted by Crippen LogP contribution is 2.26. The lowest BCUT2D eigenvalue weighted by atomic mass is 10.1. The summed E-state index contributed by atoms with van der Waals surface area (Å²) in [6.07, 6.45) is 1.34. The number of hydrogen-bond acceptors (Lipinski definition) is 4. The highest BCUT2D eigenvalue weighted by Gasteiger charge is 2.22. The first-order valence-corrected chi connectivity index (χ1v) is 11.3. The average molecular weight is 521 g/mol. The van der Waals surface area contributed by atoms with Gasteiger partial charge in [-0.1, -0.05) is 15.9 Å². The summed E-state index contributed by atoms with van der Waals surface area (Å²) in [6.45, 7) is 0.665. The molecule has 1 aliphatic rings. The summed E-state index contributed by atoms with van der Waals surface area (Å²) < 4.78 is 0.827. The number of primary amides is 1. The number of rotatable bonds is 6. The van der Waals surface area contributed by atoms with Crippen molar-refractivity contribution >= 4 is 56.6 Å². The molecule has 4 amide bonds. The molecule has 0 radical (unpaired) electrons. The Morgan fingerprint density at radius 1 is 0.794 bits per heavy atom. The summed E-state index contributed by atoms with van der Waals surface area (Å²) in [5.41, 5.74) is 7.63. The van der Waals surface area contributed by atoms with Gasteiger partial charge in [-0.2, -0.15) is 0 Å². The lowest BCUT2D eigenvalue weighted by Crippen LogP contribution is -2.23. The van der Waals surface area contributed by atoms with Crippen LogP contribution in [-0.2, 0) is 4.79 Å². The molecule has 0 saturated carbocycles. The molecular formula is C25H21BrN4O4. The third-order valence-corrected chi connectivity index (χ3v) is 5.95. The van der Waals surface area contributed by atoms with Crippen LogP contribution in [0.3, 0.4) is 0 Å². The Hall–Kier alpha value is -3.98. The zero-order chi connectivity index (χ0) is 24.2. The number of hydrogen-bond donors (Lipinski definition) is 3. The quantitative estimate of drug-likeness (QED) is 0.451. The highest BCUT2D eigenvalue weighted by molar-refractivity contribution is 9.10. The van der Waals surface area contributed by atoms with E-state index in [0.717, 1.165) is 16.6 Å². The van der Waals surface area contributed by atoms with Crippen LogP contribution in [0.25, 0.3) is 0 Å². The van der Waals surface area contributed by atoms with Gasteiger partial charge in [0.05, 0.1) is 11.4 Å². The van der Waals surface area contributed by atoms with Crippen molar-refractivity contribution in [3.8, 4) is 0 Å². The van der Waals surface area contributed by atoms with Crippen molar-refractivity contribution in [2.75, 3.05) is 22.1 Å². The van der Waals surface area contributed by atoms with E-state index in [2.05, 4.69) is 26.6 Å². The van der Waals surface area contributed by atoms with E-state index < -0.39 is 17.7 Å². The molecule has 1 aliphatic heterocycles. The number of amides is 4. The van der Waals surface area contributed by atoms with Gasteiger partial charge in [-0.15, -0.1) is 0 Å². The standard InChI is InChI=1S/C25H21BrN4O4/c26-18-8-3-15(4-9-18)25(34)29-21-14-17(23(27)32)7-12-20(21)28-24(33)16-5-10-19(11-6-16)30-13-1-2-22(30)31/h3-12,14H,1-2,13H2,(H2,27,32)(H,28,33)(H,29,34). The number of anilines is 3. The van der Waals surface area contributed by atoms with Gasteiger partial charge in [0.25, 0.3) is 11.8 Å². The number of nitrogens with zero attached hydrogens (tertiary/aromatic N) is 1. The molecule has 0 unspecified atom stereocenters. The van der Waals surface area contributed by atoms with Gasteiger partial charge in [-0.05, 0) is 73.2 Å². The summed E-state index contributed by atoms with van der Waals surface area (Å²) >= 11 is 3.32. The van der Waals surface area contributed by atoms with Crippen molar-refractivity contribution in [1.29, 1.82) is 0 Å². The van der Waals surface area contributed by atoms with Gasteiger partial charge in [0.15, 0.2) is 0 Å². The third-order valence-electron chi connectivity index (χ3n) is 5.42. The molecule has 4 N–H and O–H groups in total. The maximum atomic E-state index is 12.9. The zero-order valence-electron chi connectivity index (χ0n) is 18.0. The van der Waals surface area contributed by atoms with Crippen molar-refractivity contribution < 1.29 is 19.2 Å². The van der Waals surface area contributed by atoms with Crippen molar-refractivity contribution in [3.05, 3.63) is 87.9 Å². The Balaban J connectivity index is 1.55. The van der Waals surface area contributed by atoms with Crippen molar-refractivity contribution in [1.82, 2.24) is 0 Å². The van der Waals surface area contributed by atoms with E-state index in [1.165, 1.54) is 18.2 Å². The molecule has 0 spiro atoms. The number of carbonyl (C=O) groups excluding carboxylic acids is 4. The molecule has 4 rings (SSSR count). The molecule has 0 aliphatic carbocycles. The number of nitrogens with one attached hydrogen (secondary N) is 2. The summed E-state index contributed by atoms with van der Waals surface area (Å²) in [4.78, 5) is 50.9. The van der Waals surface area contributed by atoms with Crippen LogP contribution in [-0.4, -0.2) is 30.2 Å². The topological polar surface area (TPSA) is 122 Å². The zero-order valence-corrected chi connectivity index (χ0v) is 19.6. The van der Waals surface area contributed by atoms with Gasteiger partial charge < -0.3 is 21.3 Å². The Morgan fingerprint density at radius 3 is 1.91 bits per heavy atom. The minimum atomic E-state index is -0.663. The van der Waals surface area contributed by atoms with E-state index >= 15 is 0 Å². The summed E-state index contributed by atoms with van der Waals surface area (Å²) in [5, 5.41) is 5.49. The first-order chi connectivity index (χ1) is 16.3. The first-order valence-electron chi connectivity index (χ1n) is 10.5. The lowest BCUT2D eigenvalue weighted by Gasteiger charge is -2.16. The second-order valence-electron chi connectivity index (χ2n) is 7.74. The first kappa shape index (κ1) is 23.2. The van der Waals surface area contributed by atoms with Gasteiger partial charge >= 0.3 is 0 Å². The second-order valence-corrected chi connectivity index (χ2v) is 8.65. The van der Waals surface area contributed by atoms with Crippen LogP contribution < -0.4 is 21.3 Å². The molecule has 8 nitrogen and oxygen atoms in total. The average Bonchev–Trinajstić information content (AvgIpc) is 3.26. The summed E-state index contributed by atoms with van der Waals surface area (Å²) in [5.74, 6) is -1.42. The normalized spacial score (nSPS) is 13.0. The van der Waals surface area contributed by atoms with Gasteiger partial charge in [-0.25, -0.2) is 0 Å². The van der Waals surface area contributed by atoms with Crippen molar-refractivity contribution in [2.24, 2.45) is 5.73 Å². The smallest absolute Gasteiger partial charge is 0.255 e. The van der Waals surface area contributed by atoms with Gasteiger partial charge in [0.1, 0.15) is 0 Å². The molecule has 3 aromatic carbocycles. The monoisotopic (exact) mass is 520 g/mol. The van der Waals surface area contributed by atoms with E-state index in [-0.39, 0.29) is 17.2 Å². The number of halogens is 1. The molecule has 172 valence electrons. The van der Waals surface area contributed by atoms with E-state index in [9.17, 15) is 19.2 Å². The van der Waals surface area contributed by atoms with Gasteiger partial charge in [-0.3, -0.25) is 19.2 Å². The van der Waals surface area contributed by atoms with Crippen LogP contribution in [0.2, 0.25) is 0 Å². The number of carbonyl (C=O) groups is 4. The molecule has 1 heterocycles. The van der Waals surface area contributed by atoms with Crippen molar-refractivity contribution in [2.45, 2.75) is 12.8 Å². The van der Waals surface area contributed by atoms with Crippen LogP contribution in [0, 0.1) is 0 Å². The van der Waals surface area contributed by atoms with Crippen LogP contribution in [0.1, 0.15) is 43.9 Å². The van der Waals surface area contributed by atoms with Crippen LogP contribution >= 0.6 is 15.9 Å². The van der Waals surface area contributed by atoms with E-state index in [0.29, 0.717) is 29.8 Å². The van der Waals surface area contributed by atoms with E-state index in [4.69, 9.17) is 5.73 Å². The Bertz CT molecular complexity index is 1270. The van der Waals surface area contributed by atoms with Crippen LogP contribution in [0.4, 0.5) is 17.1 Å². The summed E-state index contributed by atoms with van der Waals surface area (Å²) in [7, 11) is 0. The van der Waals surface area contributed by atoms with Gasteiger partial charge in [0.2, 0.25) is 11.8 Å². The number of benzene rings is 3. The fourth-order valence-electron chi connectivity index (χ4n) is 3.61. The molecule has 1 saturated heterocycles. The largest absolute Gasteiger partial charge is 0.366 e. The number of nitrogens with two attached hydrogens (primary N) is 1. The molecular weight excluding hydrogens is 500 g/mol. The Morgan fingerprint density at radius 2 is 1.35 bits per heavy atom. The Labute approximate surface area is 204 Å². The van der Waals surface area contributed by atoms with Gasteiger partial charge in [0, 0.05) is 39.8 Å². The summed E-state index contributed by atoms with van der Waals surface area (Å²) in [6, 6.07) is 17.9. The second kappa shape index (κ2) is 9.88. The molecule has 0 bridgehead atoms. The fraction of sp³-hybridized carbons (Fsp3) is 0.120. The van der Waals surface area contributed by atoms with Crippen LogP contribution in [0.15, 0.2) is 71.2 Å².